The Hall–Kier alpha value is -0.860. The molecule has 3 aliphatic rings. The van der Waals surface area contributed by atoms with Crippen molar-refractivity contribution in [3.8, 4) is 11.8 Å². The Morgan fingerprint density at radius 1 is 1.29 bits per heavy atom. The summed E-state index contributed by atoms with van der Waals surface area (Å²) in [4.78, 5) is 0. The fraction of sp³-hybridized carbons (Fsp3) is 0.833. The van der Waals surface area contributed by atoms with Gasteiger partial charge < -0.3 is 19.3 Å². The molecular weight excluding hydrogens is 352 g/mol. The minimum Gasteiger partial charge on any atom is -0.381 e. The van der Waals surface area contributed by atoms with Crippen molar-refractivity contribution in [2.24, 2.45) is 17.8 Å². The zero-order chi connectivity index (χ0) is 19.8. The van der Waals surface area contributed by atoms with Crippen LogP contribution in [-0.2, 0) is 14.2 Å². The number of rotatable bonds is 8. The highest BCUT2D eigenvalue weighted by molar-refractivity contribution is 5.22. The van der Waals surface area contributed by atoms with Gasteiger partial charge in [-0.1, -0.05) is 43.3 Å². The summed E-state index contributed by atoms with van der Waals surface area (Å²) in [7, 11) is 1.75. The highest BCUT2D eigenvalue weighted by Crippen LogP contribution is 2.51. The minimum absolute atomic E-state index is 0.0696. The molecule has 1 N–H and O–H groups in total. The molecule has 6 atom stereocenters. The second-order valence-corrected chi connectivity index (χ2v) is 8.68. The largest absolute Gasteiger partial charge is 0.381 e. The number of aliphatic hydroxyl groups is 1. The summed E-state index contributed by atoms with van der Waals surface area (Å²) in [5, 5.41) is 10.3. The molecule has 1 aliphatic heterocycles. The first-order valence-electron chi connectivity index (χ1n) is 11.3. The third-order valence-corrected chi connectivity index (χ3v) is 6.53. The molecule has 1 unspecified atom stereocenters. The van der Waals surface area contributed by atoms with Crippen molar-refractivity contribution < 1.29 is 19.3 Å². The van der Waals surface area contributed by atoms with Gasteiger partial charge in [0, 0.05) is 13.7 Å². The maximum atomic E-state index is 10.3. The van der Waals surface area contributed by atoms with E-state index in [1.165, 1.54) is 18.4 Å². The van der Waals surface area contributed by atoms with Gasteiger partial charge in [-0.05, 0) is 63.2 Å². The van der Waals surface area contributed by atoms with Crippen LogP contribution in [-0.4, -0.2) is 43.9 Å². The molecule has 1 saturated heterocycles. The van der Waals surface area contributed by atoms with Crippen LogP contribution >= 0.6 is 0 Å². The van der Waals surface area contributed by atoms with Gasteiger partial charge in [-0.2, -0.15) is 0 Å². The van der Waals surface area contributed by atoms with Crippen LogP contribution in [0.2, 0.25) is 0 Å². The molecule has 4 nitrogen and oxygen atoms in total. The summed E-state index contributed by atoms with van der Waals surface area (Å²) in [6.45, 7) is 3.68. The predicted molar refractivity (Wildman–Crippen MR) is 111 cm³/mol. The van der Waals surface area contributed by atoms with Crippen molar-refractivity contribution in [2.75, 3.05) is 20.3 Å². The van der Waals surface area contributed by atoms with Gasteiger partial charge in [-0.25, -0.2) is 0 Å². The van der Waals surface area contributed by atoms with Crippen molar-refractivity contribution in [3.63, 3.8) is 0 Å². The topological polar surface area (TPSA) is 47.9 Å². The molecule has 2 saturated carbocycles. The molecule has 0 aromatic heterocycles. The molecule has 158 valence electrons. The molecule has 0 spiro atoms. The van der Waals surface area contributed by atoms with Gasteiger partial charge in [0.05, 0.1) is 18.6 Å². The first kappa shape index (κ1) is 21.8. The van der Waals surface area contributed by atoms with Crippen LogP contribution in [0.25, 0.3) is 0 Å². The lowest BCUT2D eigenvalue weighted by Crippen LogP contribution is -2.31. The number of unbranched alkanes of at least 4 members (excludes halogenated alkanes) is 2. The smallest absolute Gasteiger partial charge is 0.158 e. The molecule has 0 aromatic rings. The molecule has 28 heavy (non-hydrogen) atoms. The van der Waals surface area contributed by atoms with Gasteiger partial charge in [0.2, 0.25) is 0 Å². The number of methoxy groups -OCH3 is 1. The zero-order valence-corrected chi connectivity index (χ0v) is 17.7. The van der Waals surface area contributed by atoms with E-state index in [1.807, 2.05) is 0 Å². The molecule has 2 aliphatic carbocycles. The van der Waals surface area contributed by atoms with Gasteiger partial charge in [-0.3, -0.25) is 0 Å². The second-order valence-electron chi connectivity index (χ2n) is 8.68. The third-order valence-electron chi connectivity index (χ3n) is 6.53. The first-order valence-corrected chi connectivity index (χ1v) is 11.3. The first-order chi connectivity index (χ1) is 13.7. The van der Waals surface area contributed by atoms with Gasteiger partial charge in [-0.15, -0.1) is 0 Å². The summed E-state index contributed by atoms with van der Waals surface area (Å²) in [5.74, 6) is 7.98. The van der Waals surface area contributed by atoms with Crippen LogP contribution in [0, 0.1) is 29.6 Å². The third kappa shape index (κ3) is 6.07. The normalized spacial score (nSPS) is 34.8. The van der Waals surface area contributed by atoms with Crippen molar-refractivity contribution in [1.29, 1.82) is 0 Å². The number of aliphatic hydroxyl groups excluding tert-OH is 1. The van der Waals surface area contributed by atoms with Gasteiger partial charge in [0.1, 0.15) is 6.10 Å². The lowest BCUT2D eigenvalue weighted by atomic mass is 9.91. The van der Waals surface area contributed by atoms with Crippen LogP contribution in [0.3, 0.4) is 0 Å². The van der Waals surface area contributed by atoms with E-state index in [0.29, 0.717) is 18.4 Å². The van der Waals surface area contributed by atoms with E-state index in [1.54, 1.807) is 7.11 Å². The fourth-order valence-electron chi connectivity index (χ4n) is 5.01. The van der Waals surface area contributed by atoms with E-state index in [0.717, 1.165) is 58.0 Å². The summed E-state index contributed by atoms with van der Waals surface area (Å²) >= 11 is 0. The van der Waals surface area contributed by atoms with E-state index in [2.05, 4.69) is 24.8 Å². The number of ether oxygens (including phenoxy) is 3. The Morgan fingerprint density at radius 2 is 2.18 bits per heavy atom. The summed E-state index contributed by atoms with van der Waals surface area (Å²) in [6.07, 6.45) is 12.5. The van der Waals surface area contributed by atoms with Gasteiger partial charge in [0.15, 0.2) is 6.29 Å². The van der Waals surface area contributed by atoms with Crippen LogP contribution in [0.1, 0.15) is 71.1 Å². The van der Waals surface area contributed by atoms with E-state index in [-0.39, 0.29) is 18.3 Å². The quantitative estimate of drug-likeness (QED) is 0.378. The second kappa shape index (κ2) is 11.4. The Balaban J connectivity index is 1.64. The van der Waals surface area contributed by atoms with E-state index in [9.17, 15) is 5.11 Å². The van der Waals surface area contributed by atoms with Crippen LogP contribution in [0.15, 0.2) is 11.6 Å². The zero-order valence-electron chi connectivity index (χ0n) is 17.7. The van der Waals surface area contributed by atoms with Crippen LogP contribution in [0.4, 0.5) is 0 Å². The standard InChI is InChI=1S/C24H38O4/c1-3-4-5-8-20(25)10-11-21-22-16-18(12-14-26-2)15-19(22)17-23(21)28-24-9-6-7-13-27-24/h12,19-25H,3-9,13-17H2,1-2H3/b18-12+/t19-,20-,21+,22-,23+,24?/m0/s1. The van der Waals surface area contributed by atoms with E-state index < -0.39 is 6.10 Å². The minimum atomic E-state index is -0.512. The monoisotopic (exact) mass is 390 g/mol. The Kier molecular flexibility index (Phi) is 8.86. The Bertz CT molecular complexity index is 555. The maximum Gasteiger partial charge on any atom is 0.158 e. The number of hydrogen-bond acceptors (Lipinski definition) is 4. The number of hydrogen-bond donors (Lipinski definition) is 1. The maximum absolute atomic E-state index is 10.3. The molecular formula is C24H38O4. The van der Waals surface area contributed by atoms with Crippen LogP contribution < -0.4 is 0 Å². The average Bonchev–Trinajstić information content (AvgIpc) is 3.23. The average molecular weight is 391 g/mol. The molecule has 0 amide bonds. The fourth-order valence-corrected chi connectivity index (χ4v) is 5.01. The van der Waals surface area contributed by atoms with E-state index in [4.69, 9.17) is 14.2 Å². The Morgan fingerprint density at radius 3 is 2.93 bits per heavy atom. The van der Waals surface area contributed by atoms with Gasteiger partial charge in [0.25, 0.3) is 0 Å². The summed E-state index contributed by atoms with van der Waals surface area (Å²) in [6, 6.07) is 0. The highest BCUT2D eigenvalue weighted by atomic mass is 16.7. The molecule has 0 bridgehead atoms. The molecule has 3 rings (SSSR count). The Labute approximate surface area is 171 Å². The molecule has 0 radical (unpaired) electrons. The van der Waals surface area contributed by atoms with E-state index >= 15 is 0 Å². The van der Waals surface area contributed by atoms with Crippen LogP contribution in [0.5, 0.6) is 0 Å². The molecule has 0 aromatic carbocycles. The lowest BCUT2D eigenvalue weighted by Gasteiger charge is -2.28. The van der Waals surface area contributed by atoms with Crippen molar-refractivity contribution in [3.05, 3.63) is 11.6 Å². The summed E-state index contributed by atoms with van der Waals surface area (Å²) in [5.41, 5.74) is 1.50. The van der Waals surface area contributed by atoms with Crippen molar-refractivity contribution >= 4 is 0 Å². The molecule has 4 heteroatoms. The van der Waals surface area contributed by atoms with Crippen molar-refractivity contribution in [1.82, 2.24) is 0 Å². The predicted octanol–water partition coefficient (Wildman–Crippen LogP) is 4.46. The summed E-state index contributed by atoms with van der Waals surface area (Å²) < 4.78 is 17.4. The molecule has 3 fully saturated rings. The lowest BCUT2D eigenvalue weighted by molar-refractivity contribution is -0.192. The number of fused-ring (bicyclic) bond motifs is 1. The highest BCUT2D eigenvalue weighted by Gasteiger charge is 2.47. The SMILES string of the molecule is CCCCC[C@H](O)C#C[C@@H]1[C@H]2C/C(=C/COC)C[C@H]2C[C@H]1OC1CCCCO1. The number of allylic oxidation sites excluding steroid dienone is 1. The van der Waals surface area contributed by atoms with Gasteiger partial charge >= 0.3 is 0 Å². The molecule has 1 heterocycles. The van der Waals surface area contributed by atoms with Crippen molar-refractivity contribution in [2.45, 2.75) is 89.6 Å².